The number of hydrogen-bond acceptors (Lipinski definition) is 4. The van der Waals surface area contributed by atoms with Gasteiger partial charge in [-0.25, -0.2) is 21.6 Å². The van der Waals surface area contributed by atoms with Crippen LogP contribution in [0.2, 0.25) is 0 Å². The maximum atomic E-state index is 11.2. The molecule has 0 aliphatic heterocycles. The molecule has 0 aromatic heterocycles. The Morgan fingerprint density at radius 2 is 1.61 bits per heavy atom. The second-order valence-electron chi connectivity index (χ2n) is 3.84. The predicted octanol–water partition coefficient (Wildman–Crippen LogP) is 0.150. The Bertz CT molecular complexity index is 591. The highest BCUT2D eigenvalue weighted by atomic mass is 32.2. The summed E-state index contributed by atoms with van der Waals surface area (Å²) in [7, 11) is -5.13. The van der Waals surface area contributed by atoms with Gasteiger partial charge < -0.3 is 0 Å². The van der Waals surface area contributed by atoms with Gasteiger partial charge in [-0.1, -0.05) is 12.1 Å². The molecule has 0 amide bonds. The summed E-state index contributed by atoms with van der Waals surface area (Å²) in [6.07, 6.45) is 1.45. The van der Waals surface area contributed by atoms with E-state index in [9.17, 15) is 16.8 Å². The Hall–Kier alpha value is -1.12. The van der Waals surface area contributed by atoms with E-state index in [-0.39, 0.29) is 5.75 Å². The number of anilines is 1. The summed E-state index contributed by atoms with van der Waals surface area (Å²) in [5.41, 5.74) is 1.28. The minimum atomic E-state index is -3.29. The highest BCUT2D eigenvalue weighted by molar-refractivity contribution is 7.92. The molecule has 0 aliphatic rings. The summed E-state index contributed by atoms with van der Waals surface area (Å²) < 4.78 is 49.0. The quantitative estimate of drug-likeness (QED) is 0.780. The van der Waals surface area contributed by atoms with Crippen LogP contribution in [-0.2, 0) is 26.5 Å². The number of sulfonamides is 2. The largest absolute Gasteiger partial charge is 0.284 e. The van der Waals surface area contributed by atoms with Crippen LogP contribution in [0, 0.1) is 0 Å². The maximum absolute atomic E-state index is 11.2. The monoisotopic (exact) mass is 292 g/mol. The van der Waals surface area contributed by atoms with Crippen molar-refractivity contribution in [1.82, 2.24) is 4.72 Å². The third kappa shape index (κ3) is 5.48. The summed E-state index contributed by atoms with van der Waals surface area (Å²) in [4.78, 5) is 0. The molecule has 0 aliphatic carbocycles. The van der Waals surface area contributed by atoms with Crippen molar-refractivity contribution in [2.75, 3.05) is 23.8 Å². The molecule has 18 heavy (non-hydrogen) atoms. The molecule has 0 bridgehead atoms. The Morgan fingerprint density at radius 3 is 2.06 bits per heavy atom. The van der Waals surface area contributed by atoms with E-state index in [2.05, 4.69) is 9.44 Å². The molecule has 8 heteroatoms. The van der Waals surface area contributed by atoms with Crippen LogP contribution in [-0.4, -0.2) is 35.9 Å². The van der Waals surface area contributed by atoms with Gasteiger partial charge >= 0.3 is 0 Å². The van der Waals surface area contributed by atoms with Crippen molar-refractivity contribution in [2.24, 2.45) is 0 Å². The molecule has 0 spiro atoms. The van der Waals surface area contributed by atoms with E-state index in [1.165, 1.54) is 7.05 Å². The van der Waals surface area contributed by atoms with Gasteiger partial charge in [0.25, 0.3) is 0 Å². The van der Waals surface area contributed by atoms with Crippen molar-refractivity contribution in [2.45, 2.75) is 6.42 Å². The zero-order valence-corrected chi connectivity index (χ0v) is 11.8. The van der Waals surface area contributed by atoms with Crippen LogP contribution >= 0.6 is 0 Å². The molecule has 1 aromatic carbocycles. The van der Waals surface area contributed by atoms with Gasteiger partial charge in [0.15, 0.2) is 0 Å². The highest BCUT2D eigenvalue weighted by Gasteiger charge is 2.07. The summed E-state index contributed by atoms with van der Waals surface area (Å²) in [5.74, 6) is 0.00233. The highest BCUT2D eigenvalue weighted by Crippen LogP contribution is 2.11. The standard InChI is InChI=1S/C10H16N2O4S2/c1-11-18(15,16)8-7-9-3-5-10(6-4-9)12-17(2,13)14/h3-6,11-12H,7-8H2,1-2H3. The van der Waals surface area contributed by atoms with E-state index in [1.807, 2.05) is 0 Å². The lowest BCUT2D eigenvalue weighted by molar-refractivity contribution is 0.587. The maximum Gasteiger partial charge on any atom is 0.229 e. The number of aryl methyl sites for hydroxylation is 1. The van der Waals surface area contributed by atoms with E-state index in [0.717, 1.165) is 11.8 Å². The fraction of sp³-hybridized carbons (Fsp3) is 0.400. The molecule has 0 atom stereocenters. The SMILES string of the molecule is CNS(=O)(=O)CCc1ccc(NS(C)(=O)=O)cc1. The molecule has 102 valence electrons. The second kappa shape index (κ2) is 5.68. The van der Waals surface area contributed by atoms with E-state index in [1.54, 1.807) is 24.3 Å². The third-order valence-electron chi connectivity index (χ3n) is 2.23. The van der Waals surface area contributed by atoms with Crippen molar-refractivity contribution in [3.8, 4) is 0 Å². The fourth-order valence-corrected chi connectivity index (χ4v) is 2.58. The van der Waals surface area contributed by atoms with Crippen LogP contribution in [0.25, 0.3) is 0 Å². The van der Waals surface area contributed by atoms with Gasteiger partial charge in [0.05, 0.1) is 12.0 Å². The van der Waals surface area contributed by atoms with Gasteiger partial charge in [0.2, 0.25) is 20.0 Å². The first-order chi connectivity index (χ1) is 8.22. The van der Waals surface area contributed by atoms with Gasteiger partial charge in [0, 0.05) is 5.69 Å². The molecular weight excluding hydrogens is 276 g/mol. The lowest BCUT2D eigenvalue weighted by Crippen LogP contribution is -2.23. The summed E-state index contributed by atoms with van der Waals surface area (Å²) >= 11 is 0. The normalized spacial score (nSPS) is 12.3. The summed E-state index contributed by atoms with van der Waals surface area (Å²) in [5, 5.41) is 0. The average Bonchev–Trinajstić information content (AvgIpc) is 2.26. The van der Waals surface area contributed by atoms with Crippen molar-refractivity contribution < 1.29 is 16.8 Å². The van der Waals surface area contributed by atoms with Crippen LogP contribution in [0.4, 0.5) is 5.69 Å². The molecule has 1 aromatic rings. The number of rotatable bonds is 6. The van der Waals surface area contributed by atoms with Crippen LogP contribution in [0.15, 0.2) is 24.3 Å². The zero-order chi connectivity index (χ0) is 13.8. The molecular formula is C10H16N2O4S2. The van der Waals surface area contributed by atoms with Gasteiger partial charge in [0.1, 0.15) is 0 Å². The first kappa shape index (κ1) is 14.9. The van der Waals surface area contributed by atoms with Gasteiger partial charge in [-0.2, -0.15) is 0 Å². The Kier molecular flexibility index (Phi) is 4.71. The van der Waals surface area contributed by atoms with Crippen LogP contribution in [0.3, 0.4) is 0 Å². The van der Waals surface area contributed by atoms with E-state index in [4.69, 9.17) is 0 Å². The lowest BCUT2D eigenvalue weighted by atomic mass is 10.2. The molecule has 0 heterocycles. The minimum Gasteiger partial charge on any atom is -0.284 e. The average molecular weight is 292 g/mol. The van der Waals surface area contributed by atoms with E-state index < -0.39 is 20.0 Å². The van der Waals surface area contributed by atoms with Gasteiger partial charge in [-0.3, -0.25) is 4.72 Å². The van der Waals surface area contributed by atoms with Crippen LogP contribution in [0.1, 0.15) is 5.56 Å². The zero-order valence-electron chi connectivity index (χ0n) is 10.2. The molecule has 0 fully saturated rings. The van der Waals surface area contributed by atoms with Crippen molar-refractivity contribution in [3.63, 3.8) is 0 Å². The van der Waals surface area contributed by atoms with Gasteiger partial charge in [-0.05, 0) is 31.2 Å². The number of nitrogens with one attached hydrogen (secondary N) is 2. The van der Waals surface area contributed by atoms with Crippen molar-refractivity contribution in [3.05, 3.63) is 29.8 Å². The molecule has 1 rings (SSSR count). The Balaban J connectivity index is 2.67. The Morgan fingerprint density at radius 1 is 1.06 bits per heavy atom. The molecule has 0 saturated heterocycles. The fourth-order valence-electron chi connectivity index (χ4n) is 1.31. The first-order valence-electron chi connectivity index (χ1n) is 5.20. The minimum absolute atomic E-state index is 0.00233. The van der Waals surface area contributed by atoms with Crippen molar-refractivity contribution in [1.29, 1.82) is 0 Å². The third-order valence-corrected chi connectivity index (χ3v) is 4.20. The van der Waals surface area contributed by atoms with E-state index in [0.29, 0.717) is 12.1 Å². The van der Waals surface area contributed by atoms with Crippen LogP contribution < -0.4 is 9.44 Å². The van der Waals surface area contributed by atoms with Crippen LogP contribution in [0.5, 0.6) is 0 Å². The van der Waals surface area contributed by atoms with E-state index >= 15 is 0 Å². The predicted molar refractivity (Wildman–Crippen MR) is 71.5 cm³/mol. The smallest absolute Gasteiger partial charge is 0.229 e. The van der Waals surface area contributed by atoms with Gasteiger partial charge in [-0.15, -0.1) is 0 Å². The molecule has 0 unspecified atom stereocenters. The summed E-state index contributed by atoms with van der Waals surface area (Å²) in [6, 6.07) is 6.59. The molecule has 2 N–H and O–H groups in total. The molecule has 0 radical (unpaired) electrons. The number of benzene rings is 1. The second-order valence-corrected chi connectivity index (χ2v) is 7.64. The Labute approximate surface area is 108 Å². The number of hydrogen-bond donors (Lipinski definition) is 2. The van der Waals surface area contributed by atoms with Crippen molar-refractivity contribution >= 4 is 25.7 Å². The summed E-state index contributed by atoms with van der Waals surface area (Å²) in [6.45, 7) is 0. The molecule has 0 saturated carbocycles. The molecule has 6 nitrogen and oxygen atoms in total. The lowest BCUT2D eigenvalue weighted by Gasteiger charge is -2.06. The first-order valence-corrected chi connectivity index (χ1v) is 8.74. The topological polar surface area (TPSA) is 92.3 Å².